The molecule has 1 unspecified atom stereocenters. The number of carbonyl (C=O) groups excluding carboxylic acids is 1. The lowest BCUT2D eigenvalue weighted by Gasteiger charge is -2.23. The fraction of sp³-hybridized carbons (Fsp3) is 0.385. The van der Waals surface area contributed by atoms with Gasteiger partial charge in [0, 0.05) is 4.47 Å². The molecule has 1 aliphatic heterocycles. The molecule has 0 aliphatic carbocycles. The summed E-state index contributed by atoms with van der Waals surface area (Å²) in [4.78, 5) is 12.2. The summed E-state index contributed by atoms with van der Waals surface area (Å²) < 4.78 is 0.822. The topological polar surface area (TPSA) is 64.9 Å². The molecule has 1 fully saturated rings. The van der Waals surface area contributed by atoms with Crippen LogP contribution in [0, 0.1) is 11.3 Å². The number of hydrogen-bond acceptors (Lipinski definition) is 3. The van der Waals surface area contributed by atoms with Crippen LogP contribution in [0.3, 0.4) is 0 Å². The lowest BCUT2D eigenvalue weighted by atomic mass is 9.99. The molecule has 18 heavy (non-hydrogen) atoms. The predicted molar refractivity (Wildman–Crippen MR) is 73.1 cm³/mol. The highest BCUT2D eigenvalue weighted by Gasteiger charge is 2.36. The van der Waals surface area contributed by atoms with Gasteiger partial charge in [0.25, 0.3) is 0 Å². The van der Waals surface area contributed by atoms with Crippen molar-refractivity contribution in [2.75, 3.05) is 11.9 Å². The highest BCUT2D eigenvalue weighted by Crippen LogP contribution is 2.24. The molecule has 5 heteroatoms. The van der Waals surface area contributed by atoms with Crippen molar-refractivity contribution < 1.29 is 4.79 Å². The van der Waals surface area contributed by atoms with Crippen molar-refractivity contribution >= 4 is 27.5 Å². The summed E-state index contributed by atoms with van der Waals surface area (Å²) in [5.41, 5.74) is 0.486. The minimum absolute atomic E-state index is 0.0844. The van der Waals surface area contributed by atoms with Gasteiger partial charge in [0.15, 0.2) is 0 Å². The van der Waals surface area contributed by atoms with E-state index in [1.165, 1.54) is 0 Å². The van der Waals surface area contributed by atoms with Gasteiger partial charge in [-0.05, 0) is 44.5 Å². The molecule has 1 aromatic rings. The summed E-state index contributed by atoms with van der Waals surface area (Å²) in [6.07, 6.45) is 1.81. The van der Waals surface area contributed by atoms with Crippen molar-refractivity contribution in [3.05, 3.63) is 28.2 Å². The average molecular weight is 308 g/mol. The average Bonchev–Trinajstić information content (AvgIpc) is 2.79. The summed E-state index contributed by atoms with van der Waals surface area (Å²) in [6.45, 7) is 2.75. The van der Waals surface area contributed by atoms with Crippen molar-refractivity contribution in [3.63, 3.8) is 0 Å². The molecule has 2 rings (SSSR count). The minimum atomic E-state index is -0.528. The Hall–Kier alpha value is -1.38. The molecule has 94 valence electrons. The van der Waals surface area contributed by atoms with Crippen LogP contribution in [0.15, 0.2) is 22.7 Å². The number of amides is 1. The Balaban J connectivity index is 2.19. The summed E-state index contributed by atoms with van der Waals surface area (Å²) >= 11 is 3.30. The van der Waals surface area contributed by atoms with Gasteiger partial charge in [-0.1, -0.05) is 15.9 Å². The van der Waals surface area contributed by atoms with Crippen molar-refractivity contribution in [1.29, 1.82) is 5.26 Å². The number of rotatable bonds is 2. The summed E-state index contributed by atoms with van der Waals surface area (Å²) in [5.74, 6) is -0.0844. The third-order valence-corrected chi connectivity index (χ3v) is 3.71. The van der Waals surface area contributed by atoms with Crippen molar-refractivity contribution in [3.8, 4) is 6.07 Å². The standard InChI is InChI=1S/C13H14BrN3O/c1-13(5-2-6-16-13)12(18)17-11-4-3-10(14)7-9(11)8-15/h3-4,7,16H,2,5-6H2,1H3,(H,17,18). The van der Waals surface area contributed by atoms with Gasteiger partial charge in [-0.25, -0.2) is 0 Å². The fourth-order valence-corrected chi connectivity index (χ4v) is 2.43. The SMILES string of the molecule is CC1(C(=O)Nc2ccc(Br)cc2C#N)CCCN1. The van der Waals surface area contributed by atoms with Gasteiger partial charge in [-0.15, -0.1) is 0 Å². The highest BCUT2D eigenvalue weighted by molar-refractivity contribution is 9.10. The molecule has 1 aliphatic rings. The van der Waals surface area contributed by atoms with E-state index >= 15 is 0 Å². The Morgan fingerprint density at radius 3 is 3.00 bits per heavy atom. The molecular formula is C13H14BrN3O. The molecule has 0 radical (unpaired) electrons. The van der Waals surface area contributed by atoms with Crippen LogP contribution in [-0.4, -0.2) is 18.0 Å². The van der Waals surface area contributed by atoms with E-state index in [4.69, 9.17) is 5.26 Å². The van der Waals surface area contributed by atoms with Gasteiger partial charge in [0.1, 0.15) is 6.07 Å². The van der Waals surface area contributed by atoms with Gasteiger partial charge in [-0.2, -0.15) is 5.26 Å². The summed E-state index contributed by atoms with van der Waals surface area (Å²) in [7, 11) is 0. The smallest absolute Gasteiger partial charge is 0.244 e. The van der Waals surface area contributed by atoms with Crippen LogP contribution in [-0.2, 0) is 4.79 Å². The molecular weight excluding hydrogens is 294 g/mol. The number of hydrogen-bond donors (Lipinski definition) is 2. The normalized spacial score (nSPS) is 22.5. The predicted octanol–water partition coefficient (Wildman–Crippen LogP) is 2.40. The number of anilines is 1. The highest BCUT2D eigenvalue weighted by atomic mass is 79.9. The van der Waals surface area contributed by atoms with Crippen molar-refractivity contribution in [2.24, 2.45) is 0 Å². The maximum Gasteiger partial charge on any atom is 0.244 e. The van der Waals surface area contributed by atoms with Crippen LogP contribution in [0.5, 0.6) is 0 Å². The van der Waals surface area contributed by atoms with E-state index in [9.17, 15) is 4.79 Å². The molecule has 0 aromatic heterocycles. The Kier molecular flexibility index (Phi) is 3.69. The maximum atomic E-state index is 12.2. The second-order valence-electron chi connectivity index (χ2n) is 4.62. The minimum Gasteiger partial charge on any atom is -0.323 e. The van der Waals surface area contributed by atoms with E-state index in [0.717, 1.165) is 23.9 Å². The third kappa shape index (κ3) is 2.55. The van der Waals surface area contributed by atoms with Gasteiger partial charge >= 0.3 is 0 Å². The van der Waals surface area contributed by atoms with Crippen LogP contribution >= 0.6 is 15.9 Å². The number of carbonyl (C=O) groups is 1. The first-order valence-electron chi connectivity index (χ1n) is 5.81. The molecule has 2 N–H and O–H groups in total. The lowest BCUT2D eigenvalue weighted by molar-refractivity contribution is -0.121. The molecule has 1 amide bonds. The van der Waals surface area contributed by atoms with E-state index in [2.05, 4.69) is 32.6 Å². The Bertz CT molecular complexity index is 515. The first-order chi connectivity index (χ1) is 8.55. The zero-order valence-corrected chi connectivity index (χ0v) is 11.7. The molecule has 1 saturated heterocycles. The monoisotopic (exact) mass is 307 g/mol. The molecule has 0 saturated carbocycles. The van der Waals surface area contributed by atoms with Crippen LogP contribution in [0.25, 0.3) is 0 Å². The van der Waals surface area contributed by atoms with E-state index in [-0.39, 0.29) is 5.91 Å². The molecule has 1 aromatic carbocycles. The maximum absolute atomic E-state index is 12.2. The van der Waals surface area contributed by atoms with Crippen LogP contribution < -0.4 is 10.6 Å². The number of nitrogens with one attached hydrogen (secondary N) is 2. The molecule has 4 nitrogen and oxygen atoms in total. The third-order valence-electron chi connectivity index (χ3n) is 3.22. The van der Waals surface area contributed by atoms with Crippen molar-refractivity contribution in [1.82, 2.24) is 5.32 Å². The molecule has 1 atom stereocenters. The molecule has 1 heterocycles. The van der Waals surface area contributed by atoms with E-state index < -0.39 is 5.54 Å². The van der Waals surface area contributed by atoms with E-state index in [1.54, 1.807) is 18.2 Å². The van der Waals surface area contributed by atoms with E-state index in [1.807, 2.05) is 6.92 Å². The van der Waals surface area contributed by atoms with Gasteiger partial charge in [0.2, 0.25) is 5.91 Å². The largest absolute Gasteiger partial charge is 0.323 e. The Labute approximate surface area is 115 Å². The van der Waals surface area contributed by atoms with Crippen LogP contribution in [0.4, 0.5) is 5.69 Å². The molecule has 0 spiro atoms. The first kappa shape index (κ1) is 13.1. The van der Waals surface area contributed by atoms with Crippen molar-refractivity contribution in [2.45, 2.75) is 25.3 Å². The summed E-state index contributed by atoms with van der Waals surface area (Å²) in [5, 5.41) is 15.1. The number of benzene rings is 1. The fourth-order valence-electron chi connectivity index (χ4n) is 2.07. The molecule has 0 bridgehead atoms. The Morgan fingerprint density at radius 1 is 1.61 bits per heavy atom. The van der Waals surface area contributed by atoms with Gasteiger partial charge < -0.3 is 10.6 Å². The van der Waals surface area contributed by atoms with Gasteiger partial charge in [-0.3, -0.25) is 4.79 Å². The first-order valence-corrected chi connectivity index (χ1v) is 6.60. The van der Waals surface area contributed by atoms with Crippen LogP contribution in [0.2, 0.25) is 0 Å². The second kappa shape index (κ2) is 5.09. The van der Waals surface area contributed by atoms with Crippen LogP contribution in [0.1, 0.15) is 25.3 Å². The lowest BCUT2D eigenvalue weighted by Crippen LogP contribution is -2.48. The zero-order chi connectivity index (χ0) is 13.2. The quantitative estimate of drug-likeness (QED) is 0.882. The number of nitrogens with zero attached hydrogens (tertiary/aromatic N) is 1. The second-order valence-corrected chi connectivity index (χ2v) is 5.53. The van der Waals surface area contributed by atoms with E-state index in [0.29, 0.717) is 11.3 Å². The zero-order valence-electron chi connectivity index (χ0n) is 10.1. The summed E-state index contributed by atoms with van der Waals surface area (Å²) in [6, 6.07) is 7.32. The number of halogens is 1. The number of nitriles is 1. The van der Waals surface area contributed by atoms with Gasteiger partial charge in [0.05, 0.1) is 16.8 Å². The Morgan fingerprint density at radius 2 is 2.39 bits per heavy atom.